The highest BCUT2D eigenvalue weighted by atomic mass is 19.4. The van der Waals surface area contributed by atoms with Gasteiger partial charge >= 0.3 is 6.18 Å². The first kappa shape index (κ1) is 24.3. The molecule has 2 aliphatic rings. The number of amides is 2. The molecule has 35 heavy (non-hydrogen) atoms. The third-order valence-corrected chi connectivity index (χ3v) is 6.06. The lowest BCUT2D eigenvalue weighted by molar-refractivity contribution is -0.384. The van der Waals surface area contributed by atoms with E-state index in [9.17, 15) is 32.9 Å². The Balaban J connectivity index is 1.31. The van der Waals surface area contributed by atoms with Crippen molar-refractivity contribution in [2.75, 3.05) is 49.1 Å². The standard InChI is InChI=1S/C23H23F3N4O5/c24-23(25,26)16-3-8-19(20(14-16)30(33)34)27-10-12-28(13-11-27)22(32)15-35-18-6-4-17(5-7-18)29-9-1-2-21(29)31/h3-8,14H,1-2,9-13,15H2. The van der Waals surface area contributed by atoms with Crippen LogP contribution in [0.3, 0.4) is 0 Å². The van der Waals surface area contributed by atoms with E-state index in [2.05, 4.69) is 0 Å². The van der Waals surface area contributed by atoms with Crippen LogP contribution in [0.1, 0.15) is 18.4 Å². The lowest BCUT2D eigenvalue weighted by Gasteiger charge is -2.35. The van der Waals surface area contributed by atoms with Gasteiger partial charge in [-0.05, 0) is 42.8 Å². The van der Waals surface area contributed by atoms with Crippen LogP contribution >= 0.6 is 0 Å². The van der Waals surface area contributed by atoms with Crippen LogP contribution in [0.4, 0.5) is 30.2 Å². The maximum absolute atomic E-state index is 12.9. The molecule has 2 saturated heterocycles. The molecule has 0 unspecified atom stereocenters. The average Bonchev–Trinajstić information content (AvgIpc) is 3.27. The summed E-state index contributed by atoms with van der Waals surface area (Å²) >= 11 is 0. The average molecular weight is 492 g/mol. The van der Waals surface area contributed by atoms with E-state index in [0.717, 1.165) is 24.2 Å². The number of nitro benzene ring substituents is 1. The zero-order chi connectivity index (χ0) is 25.2. The van der Waals surface area contributed by atoms with Crippen LogP contribution in [0.15, 0.2) is 42.5 Å². The van der Waals surface area contributed by atoms with Gasteiger partial charge in [0, 0.05) is 50.9 Å². The number of nitro groups is 1. The van der Waals surface area contributed by atoms with Crippen LogP contribution < -0.4 is 14.5 Å². The monoisotopic (exact) mass is 492 g/mol. The number of piperazine rings is 1. The Labute approximate surface area is 198 Å². The lowest BCUT2D eigenvalue weighted by Crippen LogP contribution is -2.50. The summed E-state index contributed by atoms with van der Waals surface area (Å²) in [5, 5.41) is 11.4. The minimum Gasteiger partial charge on any atom is -0.484 e. The van der Waals surface area contributed by atoms with E-state index in [1.165, 1.54) is 0 Å². The zero-order valence-corrected chi connectivity index (χ0v) is 18.7. The first-order valence-electron chi connectivity index (χ1n) is 11.0. The Morgan fingerprint density at radius 1 is 1.03 bits per heavy atom. The van der Waals surface area contributed by atoms with Gasteiger partial charge in [-0.1, -0.05) is 0 Å². The first-order valence-corrected chi connectivity index (χ1v) is 11.0. The smallest absolute Gasteiger partial charge is 0.416 e. The van der Waals surface area contributed by atoms with Gasteiger partial charge in [-0.2, -0.15) is 13.2 Å². The molecule has 2 aromatic carbocycles. The van der Waals surface area contributed by atoms with Gasteiger partial charge in [-0.3, -0.25) is 19.7 Å². The van der Waals surface area contributed by atoms with Gasteiger partial charge in [0.05, 0.1) is 10.5 Å². The number of benzene rings is 2. The Bertz CT molecular complexity index is 1120. The van der Waals surface area contributed by atoms with Crippen molar-refractivity contribution in [3.63, 3.8) is 0 Å². The second-order valence-electron chi connectivity index (χ2n) is 8.26. The molecule has 0 aliphatic carbocycles. The Kier molecular flexibility index (Phi) is 6.81. The fourth-order valence-electron chi connectivity index (χ4n) is 4.19. The Hall–Kier alpha value is -3.83. The molecular weight excluding hydrogens is 469 g/mol. The molecule has 0 bridgehead atoms. The third-order valence-electron chi connectivity index (χ3n) is 6.06. The minimum atomic E-state index is -4.68. The summed E-state index contributed by atoms with van der Waals surface area (Å²) in [5.74, 6) is 0.285. The van der Waals surface area contributed by atoms with E-state index in [1.807, 2.05) is 0 Å². The predicted octanol–water partition coefficient (Wildman–Crippen LogP) is 3.47. The highest BCUT2D eigenvalue weighted by Gasteiger charge is 2.34. The SMILES string of the molecule is O=C(COc1ccc(N2CCCC2=O)cc1)N1CCN(c2ccc(C(F)(F)F)cc2[N+](=O)[O-])CC1. The summed E-state index contributed by atoms with van der Waals surface area (Å²) < 4.78 is 44.4. The highest BCUT2D eigenvalue weighted by molar-refractivity contribution is 5.95. The highest BCUT2D eigenvalue weighted by Crippen LogP contribution is 2.36. The van der Waals surface area contributed by atoms with Crippen molar-refractivity contribution in [1.29, 1.82) is 0 Å². The van der Waals surface area contributed by atoms with Crippen molar-refractivity contribution in [2.45, 2.75) is 19.0 Å². The molecular formula is C23H23F3N4O5. The second-order valence-corrected chi connectivity index (χ2v) is 8.26. The van der Waals surface area contributed by atoms with Gasteiger partial charge in [-0.25, -0.2) is 0 Å². The number of carbonyl (C=O) groups is 2. The lowest BCUT2D eigenvalue weighted by atomic mass is 10.1. The van der Waals surface area contributed by atoms with E-state index in [4.69, 9.17) is 4.74 Å². The molecule has 2 aromatic rings. The maximum Gasteiger partial charge on any atom is 0.416 e. The predicted molar refractivity (Wildman–Crippen MR) is 120 cm³/mol. The largest absolute Gasteiger partial charge is 0.484 e. The third kappa shape index (κ3) is 5.47. The Morgan fingerprint density at radius 2 is 1.71 bits per heavy atom. The van der Waals surface area contributed by atoms with Crippen molar-refractivity contribution >= 4 is 28.9 Å². The molecule has 0 aromatic heterocycles. The molecule has 12 heteroatoms. The van der Waals surface area contributed by atoms with Gasteiger partial charge in [-0.15, -0.1) is 0 Å². The number of hydrogen-bond donors (Lipinski definition) is 0. The topological polar surface area (TPSA) is 96.2 Å². The fourth-order valence-corrected chi connectivity index (χ4v) is 4.19. The molecule has 2 aliphatic heterocycles. The van der Waals surface area contributed by atoms with E-state index < -0.39 is 22.4 Å². The van der Waals surface area contributed by atoms with Crippen molar-refractivity contribution in [2.24, 2.45) is 0 Å². The molecule has 2 heterocycles. The molecule has 9 nitrogen and oxygen atoms in total. The molecule has 186 valence electrons. The van der Waals surface area contributed by atoms with Gasteiger partial charge in [0.2, 0.25) is 5.91 Å². The van der Waals surface area contributed by atoms with Crippen LogP contribution in [0.25, 0.3) is 0 Å². The summed E-state index contributed by atoms with van der Waals surface area (Å²) in [4.78, 5) is 39.8. The number of hydrogen-bond acceptors (Lipinski definition) is 6. The fraction of sp³-hybridized carbons (Fsp3) is 0.391. The zero-order valence-electron chi connectivity index (χ0n) is 18.7. The molecule has 0 saturated carbocycles. The number of alkyl halides is 3. The van der Waals surface area contributed by atoms with Crippen molar-refractivity contribution in [3.8, 4) is 5.75 Å². The molecule has 0 radical (unpaired) electrons. The quantitative estimate of drug-likeness (QED) is 0.453. The number of halogens is 3. The summed E-state index contributed by atoms with van der Waals surface area (Å²) in [7, 11) is 0. The molecule has 0 N–H and O–H groups in total. The molecule has 0 atom stereocenters. The minimum absolute atomic E-state index is 0.0783. The van der Waals surface area contributed by atoms with Crippen molar-refractivity contribution < 1.29 is 32.4 Å². The van der Waals surface area contributed by atoms with E-state index >= 15 is 0 Å². The molecule has 4 rings (SSSR count). The molecule has 2 fully saturated rings. The maximum atomic E-state index is 12.9. The van der Waals surface area contributed by atoms with E-state index in [0.29, 0.717) is 24.8 Å². The number of ether oxygens (including phenoxy) is 1. The van der Waals surface area contributed by atoms with Crippen LogP contribution in [0.2, 0.25) is 0 Å². The number of carbonyl (C=O) groups excluding carboxylic acids is 2. The van der Waals surface area contributed by atoms with E-state index in [-0.39, 0.29) is 50.3 Å². The van der Waals surface area contributed by atoms with Gasteiger partial charge in [0.15, 0.2) is 6.61 Å². The van der Waals surface area contributed by atoms with E-state index in [1.54, 1.807) is 39.0 Å². The van der Waals surface area contributed by atoms with Crippen molar-refractivity contribution in [3.05, 3.63) is 58.1 Å². The molecule has 2 amide bonds. The van der Waals surface area contributed by atoms with Crippen LogP contribution in [-0.4, -0.2) is 61.0 Å². The number of anilines is 2. The second kappa shape index (κ2) is 9.80. The van der Waals surface area contributed by atoms with Gasteiger partial charge in [0.25, 0.3) is 11.6 Å². The first-order chi connectivity index (χ1) is 16.6. The van der Waals surface area contributed by atoms with Gasteiger partial charge in [0.1, 0.15) is 11.4 Å². The summed E-state index contributed by atoms with van der Waals surface area (Å²) in [6.07, 6.45) is -3.32. The van der Waals surface area contributed by atoms with Crippen LogP contribution in [-0.2, 0) is 15.8 Å². The summed E-state index contributed by atoms with van der Waals surface area (Å²) in [5.41, 5.74) is -0.844. The van der Waals surface area contributed by atoms with Crippen LogP contribution in [0, 0.1) is 10.1 Å². The Morgan fingerprint density at radius 3 is 2.29 bits per heavy atom. The van der Waals surface area contributed by atoms with Gasteiger partial charge < -0.3 is 19.4 Å². The number of rotatable bonds is 6. The molecule has 0 spiro atoms. The van der Waals surface area contributed by atoms with Crippen LogP contribution in [0.5, 0.6) is 5.75 Å². The summed E-state index contributed by atoms with van der Waals surface area (Å²) in [6.45, 7) is 1.43. The normalized spacial score (nSPS) is 16.5. The summed E-state index contributed by atoms with van der Waals surface area (Å²) in [6, 6.07) is 9.36. The van der Waals surface area contributed by atoms with Crippen molar-refractivity contribution in [1.82, 2.24) is 4.90 Å². The number of nitrogens with zero attached hydrogens (tertiary/aromatic N) is 4.